The van der Waals surface area contributed by atoms with Crippen LogP contribution >= 0.6 is 0 Å². The molecule has 1 heterocycles. The predicted molar refractivity (Wildman–Crippen MR) is 63.1 cm³/mol. The van der Waals surface area contributed by atoms with Gasteiger partial charge in [0.25, 0.3) is 0 Å². The zero-order valence-corrected chi connectivity index (χ0v) is 10.3. The van der Waals surface area contributed by atoms with Crippen LogP contribution in [0, 0.1) is 0 Å². The van der Waals surface area contributed by atoms with Gasteiger partial charge in [0.05, 0.1) is 12.2 Å². The van der Waals surface area contributed by atoms with E-state index in [1.807, 2.05) is 6.92 Å². The molecule has 0 aliphatic carbocycles. The lowest BCUT2D eigenvalue weighted by molar-refractivity contribution is 0.00432. The van der Waals surface area contributed by atoms with E-state index in [0.717, 1.165) is 0 Å². The van der Waals surface area contributed by atoms with Gasteiger partial charge in [-0.15, -0.1) is 0 Å². The van der Waals surface area contributed by atoms with E-state index in [0.29, 0.717) is 18.8 Å². The Hall–Kier alpha value is -1.62. The second-order valence-corrected chi connectivity index (χ2v) is 3.74. The molecule has 0 saturated carbocycles. The largest absolute Gasteiger partial charge is 0.457 e. The number of nitrogens with zero attached hydrogens (tertiary/aromatic N) is 1. The SMILES string of the molecule is CCOC[C@@H](C)OC(=O)c1ccc(=O)n(C)c1. The molecule has 0 N–H and O–H groups in total. The van der Waals surface area contributed by atoms with Crippen molar-refractivity contribution in [3.8, 4) is 0 Å². The lowest BCUT2D eigenvalue weighted by Crippen LogP contribution is -2.22. The van der Waals surface area contributed by atoms with Crippen LogP contribution in [0.1, 0.15) is 24.2 Å². The summed E-state index contributed by atoms with van der Waals surface area (Å²) in [5, 5.41) is 0. The van der Waals surface area contributed by atoms with E-state index in [1.165, 1.54) is 22.9 Å². The van der Waals surface area contributed by atoms with Crippen molar-refractivity contribution in [2.24, 2.45) is 7.05 Å². The molecule has 0 fully saturated rings. The van der Waals surface area contributed by atoms with E-state index in [-0.39, 0.29) is 11.7 Å². The first-order valence-corrected chi connectivity index (χ1v) is 5.50. The lowest BCUT2D eigenvalue weighted by Gasteiger charge is -2.13. The first-order valence-electron chi connectivity index (χ1n) is 5.50. The standard InChI is InChI=1S/C12H17NO4/c1-4-16-8-9(2)17-12(15)10-5-6-11(14)13(3)7-10/h5-7,9H,4,8H2,1-3H3/t9-/m1/s1. The highest BCUT2D eigenvalue weighted by Gasteiger charge is 2.12. The summed E-state index contributed by atoms with van der Waals surface area (Å²) in [6.07, 6.45) is 1.15. The monoisotopic (exact) mass is 239 g/mol. The normalized spacial score (nSPS) is 12.2. The molecule has 1 aromatic heterocycles. The number of rotatable bonds is 5. The maximum Gasteiger partial charge on any atom is 0.339 e. The molecule has 94 valence electrons. The maximum atomic E-state index is 11.7. The van der Waals surface area contributed by atoms with Crippen LogP contribution in [0.5, 0.6) is 0 Å². The van der Waals surface area contributed by atoms with Crippen molar-refractivity contribution in [2.75, 3.05) is 13.2 Å². The van der Waals surface area contributed by atoms with E-state index in [9.17, 15) is 9.59 Å². The van der Waals surface area contributed by atoms with Gasteiger partial charge in [0.1, 0.15) is 6.10 Å². The van der Waals surface area contributed by atoms with Crippen molar-refractivity contribution in [1.29, 1.82) is 0 Å². The first kappa shape index (κ1) is 13.4. The average molecular weight is 239 g/mol. The molecule has 0 saturated heterocycles. The van der Waals surface area contributed by atoms with Crippen LogP contribution in [-0.4, -0.2) is 29.9 Å². The summed E-state index contributed by atoms with van der Waals surface area (Å²) in [6.45, 7) is 4.59. The summed E-state index contributed by atoms with van der Waals surface area (Å²) in [4.78, 5) is 22.8. The summed E-state index contributed by atoms with van der Waals surface area (Å²) in [5.74, 6) is -0.451. The number of hydrogen-bond donors (Lipinski definition) is 0. The Morgan fingerprint density at radius 1 is 1.47 bits per heavy atom. The maximum absolute atomic E-state index is 11.7. The number of carbonyl (C=O) groups excluding carboxylic acids is 1. The van der Waals surface area contributed by atoms with Crippen LogP contribution in [0.25, 0.3) is 0 Å². The number of hydrogen-bond acceptors (Lipinski definition) is 4. The number of ether oxygens (including phenoxy) is 2. The van der Waals surface area contributed by atoms with Gasteiger partial charge in [0, 0.05) is 25.9 Å². The minimum Gasteiger partial charge on any atom is -0.457 e. The number of carbonyl (C=O) groups is 1. The van der Waals surface area contributed by atoms with E-state index in [1.54, 1.807) is 14.0 Å². The third kappa shape index (κ3) is 4.03. The van der Waals surface area contributed by atoms with Crippen molar-refractivity contribution >= 4 is 5.97 Å². The van der Waals surface area contributed by atoms with Crippen molar-refractivity contribution in [2.45, 2.75) is 20.0 Å². The minimum atomic E-state index is -0.451. The minimum absolute atomic E-state index is 0.163. The topological polar surface area (TPSA) is 57.5 Å². The van der Waals surface area contributed by atoms with Gasteiger partial charge in [0.15, 0.2) is 0 Å². The molecule has 1 aromatic rings. The Bertz CT molecular complexity index is 438. The molecule has 1 atom stereocenters. The molecule has 0 spiro atoms. The molecule has 0 radical (unpaired) electrons. The molecule has 0 amide bonds. The Kier molecular flexibility index (Phi) is 4.90. The van der Waals surface area contributed by atoms with Gasteiger partial charge in [-0.25, -0.2) is 4.79 Å². The van der Waals surface area contributed by atoms with Crippen molar-refractivity contribution in [3.05, 3.63) is 34.2 Å². The van der Waals surface area contributed by atoms with Crippen LogP contribution in [0.4, 0.5) is 0 Å². The summed E-state index contributed by atoms with van der Waals surface area (Å²) < 4.78 is 11.6. The van der Waals surface area contributed by atoms with Gasteiger partial charge in [-0.2, -0.15) is 0 Å². The lowest BCUT2D eigenvalue weighted by atomic mass is 10.3. The van der Waals surface area contributed by atoms with E-state index >= 15 is 0 Å². The third-order valence-corrected chi connectivity index (χ3v) is 2.19. The summed E-state index contributed by atoms with van der Waals surface area (Å²) >= 11 is 0. The summed E-state index contributed by atoms with van der Waals surface area (Å²) in [7, 11) is 1.59. The molecule has 0 aliphatic rings. The highest BCUT2D eigenvalue weighted by atomic mass is 16.6. The van der Waals surface area contributed by atoms with Crippen LogP contribution in [0.2, 0.25) is 0 Å². The van der Waals surface area contributed by atoms with Crippen molar-refractivity contribution in [1.82, 2.24) is 4.57 Å². The smallest absolute Gasteiger partial charge is 0.339 e. The number of pyridine rings is 1. The molecule has 5 nitrogen and oxygen atoms in total. The molecule has 0 bridgehead atoms. The highest BCUT2D eigenvalue weighted by Crippen LogP contribution is 2.02. The molecule has 0 aliphatic heterocycles. The Morgan fingerprint density at radius 2 is 2.18 bits per heavy atom. The van der Waals surface area contributed by atoms with Gasteiger partial charge in [-0.1, -0.05) is 0 Å². The van der Waals surface area contributed by atoms with Crippen LogP contribution in [0.3, 0.4) is 0 Å². The predicted octanol–water partition coefficient (Wildman–Crippen LogP) is 0.967. The second kappa shape index (κ2) is 6.20. The Balaban J connectivity index is 2.63. The number of esters is 1. The first-order chi connectivity index (χ1) is 8.04. The second-order valence-electron chi connectivity index (χ2n) is 3.74. The molecule has 0 unspecified atom stereocenters. The average Bonchev–Trinajstić information content (AvgIpc) is 2.30. The molecule has 5 heteroatoms. The van der Waals surface area contributed by atoms with Gasteiger partial charge in [-0.05, 0) is 19.9 Å². The molecular formula is C12H17NO4. The van der Waals surface area contributed by atoms with Gasteiger partial charge >= 0.3 is 5.97 Å². The quantitative estimate of drug-likeness (QED) is 0.718. The highest BCUT2D eigenvalue weighted by molar-refractivity contribution is 5.89. The number of aromatic nitrogens is 1. The fourth-order valence-corrected chi connectivity index (χ4v) is 1.28. The van der Waals surface area contributed by atoms with Crippen LogP contribution in [-0.2, 0) is 16.5 Å². The van der Waals surface area contributed by atoms with E-state index in [2.05, 4.69) is 0 Å². The molecule has 1 rings (SSSR count). The molecular weight excluding hydrogens is 222 g/mol. The third-order valence-electron chi connectivity index (χ3n) is 2.19. The summed E-state index contributed by atoms with van der Waals surface area (Å²) in [5.41, 5.74) is 0.194. The van der Waals surface area contributed by atoms with E-state index in [4.69, 9.17) is 9.47 Å². The van der Waals surface area contributed by atoms with E-state index < -0.39 is 5.97 Å². The van der Waals surface area contributed by atoms with Gasteiger partial charge in [-0.3, -0.25) is 4.79 Å². The molecule has 0 aromatic carbocycles. The van der Waals surface area contributed by atoms with Gasteiger partial charge in [0.2, 0.25) is 5.56 Å². The summed E-state index contributed by atoms with van der Waals surface area (Å²) in [6, 6.07) is 2.79. The Morgan fingerprint density at radius 3 is 2.76 bits per heavy atom. The van der Waals surface area contributed by atoms with Crippen LogP contribution < -0.4 is 5.56 Å². The fourth-order valence-electron chi connectivity index (χ4n) is 1.28. The Labute approximate surface area is 100.0 Å². The zero-order valence-electron chi connectivity index (χ0n) is 10.3. The van der Waals surface area contributed by atoms with Crippen molar-refractivity contribution < 1.29 is 14.3 Å². The number of aryl methyl sites for hydroxylation is 1. The molecule has 17 heavy (non-hydrogen) atoms. The zero-order chi connectivity index (χ0) is 12.8. The fraction of sp³-hybridized carbons (Fsp3) is 0.500. The van der Waals surface area contributed by atoms with Crippen molar-refractivity contribution in [3.63, 3.8) is 0 Å². The van der Waals surface area contributed by atoms with Crippen LogP contribution in [0.15, 0.2) is 23.1 Å². The van der Waals surface area contributed by atoms with Gasteiger partial charge < -0.3 is 14.0 Å².